The van der Waals surface area contributed by atoms with Gasteiger partial charge in [0, 0.05) is 23.3 Å². The summed E-state index contributed by atoms with van der Waals surface area (Å²) in [7, 11) is 0. The van der Waals surface area contributed by atoms with Crippen molar-refractivity contribution in [1.82, 2.24) is 9.97 Å². The molecule has 0 N–H and O–H groups in total. The Hall–Kier alpha value is -4.73. The predicted molar refractivity (Wildman–Crippen MR) is 131 cm³/mol. The van der Waals surface area contributed by atoms with Gasteiger partial charge in [-0.25, -0.2) is 40.7 Å². The van der Waals surface area contributed by atoms with Crippen LogP contribution in [-0.2, 0) is 6.11 Å². The Labute approximate surface area is 232 Å². The summed E-state index contributed by atoms with van der Waals surface area (Å²) in [4.78, 5) is 7.82. The second kappa shape index (κ2) is 12.4. The third-order valence-corrected chi connectivity index (χ3v) is 5.56. The minimum Gasteiger partial charge on any atom is -0.490 e. The molecule has 13 heteroatoms. The molecular formula is C29H17F9N2O2. The second-order valence-electron chi connectivity index (χ2n) is 8.64. The highest BCUT2D eigenvalue weighted by Gasteiger charge is 2.41. The number of aromatic nitrogens is 2. The van der Waals surface area contributed by atoms with Gasteiger partial charge in [0.25, 0.3) is 0 Å². The molecule has 1 heterocycles. The number of unbranched alkanes of at least 4 members (excludes halogenated alkanes) is 1. The van der Waals surface area contributed by atoms with Gasteiger partial charge in [-0.3, -0.25) is 0 Å². The first-order valence-corrected chi connectivity index (χ1v) is 12.1. The maximum absolute atomic E-state index is 14.8. The van der Waals surface area contributed by atoms with Crippen molar-refractivity contribution >= 4 is 0 Å². The Morgan fingerprint density at radius 2 is 1.29 bits per heavy atom. The van der Waals surface area contributed by atoms with Crippen molar-refractivity contribution in [1.29, 1.82) is 0 Å². The molecule has 0 spiro atoms. The largest absolute Gasteiger partial charge is 0.490 e. The molecular weight excluding hydrogens is 579 g/mol. The second-order valence-corrected chi connectivity index (χ2v) is 8.64. The minimum atomic E-state index is -4.75. The van der Waals surface area contributed by atoms with Crippen LogP contribution >= 0.6 is 0 Å². The van der Waals surface area contributed by atoms with Crippen LogP contribution in [0, 0.1) is 52.6 Å². The third kappa shape index (κ3) is 6.76. The number of hydrogen-bond donors (Lipinski definition) is 0. The van der Waals surface area contributed by atoms with Gasteiger partial charge in [-0.1, -0.05) is 25.2 Å². The van der Waals surface area contributed by atoms with Gasteiger partial charge in [0.2, 0.25) is 0 Å². The molecule has 0 radical (unpaired) electrons. The Bertz CT molecular complexity index is 1610. The van der Waals surface area contributed by atoms with E-state index in [1.807, 2.05) is 18.8 Å². The lowest BCUT2D eigenvalue weighted by atomic mass is 10.1. The molecule has 42 heavy (non-hydrogen) atoms. The average Bonchev–Trinajstić information content (AvgIpc) is 2.91. The van der Waals surface area contributed by atoms with Crippen molar-refractivity contribution in [2.24, 2.45) is 0 Å². The molecule has 0 aliphatic carbocycles. The van der Waals surface area contributed by atoms with Crippen molar-refractivity contribution in [3.8, 4) is 34.7 Å². The van der Waals surface area contributed by atoms with E-state index in [2.05, 4.69) is 14.7 Å². The monoisotopic (exact) mass is 596 g/mol. The van der Waals surface area contributed by atoms with Gasteiger partial charge in [-0.05, 0) is 30.7 Å². The molecule has 0 amide bonds. The smallest absolute Gasteiger partial charge is 0.432 e. The van der Waals surface area contributed by atoms with E-state index in [9.17, 15) is 39.5 Å². The van der Waals surface area contributed by atoms with E-state index in [0.29, 0.717) is 36.6 Å². The van der Waals surface area contributed by atoms with Crippen molar-refractivity contribution in [3.05, 3.63) is 106 Å². The minimum absolute atomic E-state index is 0.196. The highest BCUT2D eigenvalue weighted by molar-refractivity contribution is 5.56. The summed E-state index contributed by atoms with van der Waals surface area (Å²) in [6.45, 7) is 2.36. The molecule has 0 fully saturated rings. The predicted octanol–water partition coefficient (Wildman–Crippen LogP) is 7.82. The molecule has 0 aliphatic heterocycles. The van der Waals surface area contributed by atoms with E-state index in [1.54, 1.807) is 0 Å². The van der Waals surface area contributed by atoms with Crippen LogP contribution in [0.3, 0.4) is 0 Å². The quantitative estimate of drug-likeness (QED) is 0.0901. The lowest BCUT2D eigenvalue weighted by Gasteiger charge is -2.20. The van der Waals surface area contributed by atoms with E-state index < -0.39 is 69.3 Å². The molecule has 218 valence electrons. The number of nitrogens with zero attached hydrogens (tertiary/aromatic N) is 2. The number of ether oxygens (including phenoxy) is 2. The average molecular weight is 596 g/mol. The van der Waals surface area contributed by atoms with Crippen LogP contribution in [0.4, 0.5) is 39.5 Å². The topological polar surface area (TPSA) is 44.2 Å². The van der Waals surface area contributed by atoms with Crippen molar-refractivity contribution in [2.45, 2.75) is 25.9 Å². The van der Waals surface area contributed by atoms with E-state index in [0.717, 1.165) is 12.8 Å². The van der Waals surface area contributed by atoms with E-state index in [-0.39, 0.29) is 23.5 Å². The molecule has 0 aliphatic rings. The Balaban J connectivity index is 1.56. The van der Waals surface area contributed by atoms with Gasteiger partial charge in [0.15, 0.2) is 29.0 Å². The number of hydrogen-bond acceptors (Lipinski definition) is 4. The highest BCUT2D eigenvalue weighted by atomic mass is 19.3. The summed E-state index contributed by atoms with van der Waals surface area (Å²) in [5.74, 6) is -8.74. The summed E-state index contributed by atoms with van der Waals surface area (Å²) in [5, 5.41) is 0. The van der Waals surface area contributed by atoms with E-state index >= 15 is 0 Å². The lowest BCUT2D eigenvalue weighted by Crippen LogP contribution is -2.25. The van der Waals surface area contributed by atoms with E-state index in [1.165, 1.54) is 12.4 Å². The fraction of sp³-hybridized carbons (Fsp3) is 0.172. The fourth-order valence-electron chi connectivity index (χ4n) is 3.54. The Morgan fingerprint density at radius 3 is 1.83 bits per heavy atom. The van der Waals surface area contributed by atoms with Crippen LogP contribution in [0.2, 0.25) is 0 Å². The van der Waals surface area contributed by atoms with Gasteiger partial charge in [0.05, 0.1) is 24.6 Å². The molecule has 4 aromatic rings. The van der Waals surface area contributed by atoms with Gasteiger partial charge >= 0.3 is 6.11 Å². The zero-order valence-electron chi connectivity index (χ0n) is 21.4. The molecule has 1 aromatic heterocycles. The summed E-state index contributed by atoms with van der Waals surface area (Å²) >= 11 is 0. The van der Waals surface area contributed by atoms with Gasteiger partial charge < -0.3 is 9.47 Å². The zero-order chi connectivity index (χ0) is 30.6. The number of alkyl halides is 2. The first kappa shape index (κ1) is 30.2. The van der Waals surface area contributed by atoms with Crippen LogP contribution < -0.4 is 9.47 Å². The zero-order valence-corrected chi connectivity index (χ0v) is 21.4. The van der Waals surface area contributed by atoms with Crippen LogP contribution in [0.1, 0.15) is 36.5 Å². The van der Waals surface area contributed by atoms with Crippen molar-refractivity contribution in [3.63, 3.8) is 0 Å². The molecule has 0 saturated carbocycles. The van der Waals surface area contributed by atoms with Gasteiger partial charge in [-0.2, -0.15) is 8.78 Å². The number of benzene rings is 3. The molecule has 3 aromatic carbocycles. The van der Waals surface area contributed by atoms with Crippen LogP contribution in [0.15, 0.2) is 48.8 Å². The maximum atomic E-state index is 14.8. The first-order chi connectivity index (χ1) is 19.9. The van der Waals surface area contributed by atoms with Crippen LogP contribution in [-0.4, -0.2) is 16.6 Å². The molecule has 0 unspecified atom stereocenters. The van der Waals surface area contributed by atoms with Crippen molar-refractivity contribution in [2.75, 3.05) is 6.61 Å². The Kier molecular flexibility index (Phi) is 8.94. The summed E-state index contributed by atoms with van der Waals surface area (Å²) < 4.78 is 137. The summed E-state index contributed by atoms with van der Waals surface area (Å²) in [6, 6.07) is 2.52. The SMILES string of the molecule is CCCCOc1cnc(-c2cc(F)c(C(F)(F)Oc3cc(F)c(C#Cc4cc(F)c(F)c(F)c4)c(F)c3)c(F)c2)nc1. The fourth-order valence-corrected chi connectivity index (χ4v) is 3.54. The summed E-state index contributed by atoms with van der Waals surface area (Å²) in [5.41, 5.74) is -3.63. The molecule has 0 bridgehead atoms. The number of halogens is 9. The highest BCUT2D eigenvalue weighted by Crippen LogP contribution is 2.37. The maximum Gasteiger partial charge on any atom is 0.432 e. The molecule has 4 nitrogen and oxygen atoms in total. The third-order valence-electron chi connectivity index (χ3n) is 5.56. The van der Waals surface area contributed by atoms with E-state index in [4.69, 9.17) is 4.74 Å². The molecule has 0 atom stereocenters. The number of rotatable bonds is 8. The van der Waals surface area contributed by atoms with Gasteiger partial charge in [-0.15, -0.1) is 0 Å². The molecule has 4 rings (SSSR count). The molecule has 0 saturated heterocycles. The summed E-state index contributed by atoms with van der Waals surface area (Å²) in [6.07, 6.45) is -0.609. The Morgan fingerprint density at radius 1 is 0.714 bits per heavy atom. The standard InChI is InChI=1S/C29H17F9N2O2/c1-2-3-6-41-18-13-39-28(40-14-18)16-9-22(32)26(23(33)10-16)29(37,38)42-17-11-20(30)19(21(31)12-17)5-4-15-7-24(34)27(36)25(35)8-15/h7-14H,2-3,6H2,1H3. The first-order valence-electron chi connectivity index (χ1n) is 12.1. The normalized spacial score (nSPS) is 11.2. The van der Waals surface area contributed by atoms with Crippen LogP contribution in [0.25, 0.3) is 11.4 Å². The van der Waals surface area contributed by atoms with Gasteiger partial charge in [0.1, 0.15) is 34.6 Å². The lowest BCUT2D eigenvalue weighted by molar-refractivity contribution is -0.189. The van der Waals surface area contributed by atoms with Crippen molar-refractivity contribution < 1.29 is 49.0 Å². The van der Waals surface area contributed by atoms with Crippen LogP contribution in [0.5, 0.6) is 11.5 Å².